The standard InChI is InChI=1S/C22H19BrO3/c1-15(2)25-21-13-12-17(14-19(21)23)22(24)26-20-11-7-6-10-18(20)16-8-4-3-5-9-16/h3-15H,1-2H3. The number of ether oxygens (including phenoxy) is 2. The molecule has 0 amide bonds. The van der Waals surface area contributed by atoms with E-state index in [-0.39, 0.29) is 6.10 Å². The number of para-hydroxylation sites is 1. The van der Waals surface area contributed by atoms with Crippen molar-refractivity contribution in [2.75, 3.05) is 0 Å². The third-order valence-corrected chi connectivity index (χ3v) is 4.32. The summed E-state index contributed by atoms with van der Waals surface area (Å²) in [5.74, 6) is 0.814. The van der Waals surface area contributed by atoms with Crippen molar-refractivity contribution < 1.29 is 14.3 Å². The summed E-state index contributed by atoms with van der Waals surface area (Å²) in [6, 6.07) is 22.5. The Morgan fingerprint density at radius 2 is 1.58 bits per heavy atom. The molecule has 0 unspecified atom stereocenters. The molecule has 0 aliphatic carbocycles. The summed E-state index contributed by atoms with van der Waals surface area (Å²) in [6.45, 7) is 3.91. The fourth-order valence-corrected chi connectivity index (χ4v) is 3.02. The Morgan fingerprint density at radius 1 is 0.885 bits per heavy atom. The average molecular weight is 411 g/mol. The van der Waals surface area contributed by atoms with E-state index < -0.39 is 5.97 Å². The van der Waals surface area contributed by atoms with Gasteiger partial charge in [-0.1, -0.05) is 48.5 Å². The maximum absolute atomic E-state index is 12.6. The summed E-state index contributed by atoms with van der Waals surface area (Å²) >= 11 is 3.45. The molecule has 0 bridgehead atoms. The third-order valence-electron chi connectivity index (χ3n) is 3.70. The minimum absolute atomic E-state index is 0.0573. The first-order valence-corrected chi connectivity index (χ1v) is 9.16. The summed E-state index contributed by atoms with van der Waals surface area (Å²) in [4.78, 5) is 12.6. The van der Waals surface area contributed by atoms with Gasteiger partial charge in [0.2, 0.25) is 0 Å². The third kappa shape index (κ3) is 4.33. The van der Waals surface area contributed by atoms with Gasteiger partial charge in [0.1, 0.15) is 11.5 Å². The molecule has 26 heavy (non-hydrogen) atoms. The predicted molar refractivity (Wildman–Crippen MR) is 107 cm³/mol. The van der Waals surface area contributed by atoms with Gasteiger partial charge in [-0.25, -0.2) is 4.79 Å². The highest BCUT2D eigenvalue weighted by Crippen LogP contribution is 2.31. The molecule has 3 aromatic rings. The van der Waals surface area contributed by atoms with E-state index in [1.54, 1.807) is 24.3 Å². The van der Waals surface area contributed by atoms with E-state index >= 15 is 0 Å². The highest BCUT2D eigenvalue weighted by molar-refractivity contribution is 9.10. The van der Waals surface area contributed by atoms with Crippen LogP contribution in [0.25, 0.3) is 11.1 Å². The van der Waals surface area contributed by atoms with Crippen LogP contribution in [-0.4, -0.2) is 12.1 Å². The van der Waals surface area contributed by atoms with Crippen molar-refractivity contribution >= 4 is 21.9 Å². The molecular weight excluding hydrogens is 392 g/mol. The van der Waals surface area contributed by atoms with Crippen molar-refractivity contribution in [3.05, 3.63) is 82.8 Å². The lowest BCUT2D eigenvalue weighted by atomic mass is 10.0. The molecule has 0 saturated carbocycles. The first kappa shape index (κ1) is 18.2. The maximum Gasteiger partial charge on any atom is 0.343 e. The van der Waals surface area contributed by atoms with Gasteiger partial charge < -0.3 is 9.47 Å². The van der Waals surface area contributed by atoms with Crippen LogP contribution in [0.1, 0.15) is 24.2 Å². The van der Waals surface area contributed by atoms with Crippen LogP contribution in [0.2, 0.25) is 0 Å². The molecule has 0 aromatic heterocycles. The molecule has 0 aliphatic heterocycles. The van der Waals surface area contributed by atoms with Crippen LogP contribution in [-0.2, 0) is 0 Å². The molecule has 0 radical (unpaired) electrons. The van der Waals surface area contributed by atoms with Crippen LogP contribution in [0, 0.1) is 0 Å². The quantitative estimate of drug-likeness (QED) is 0.375. The zero-order valence-electron chi connectivity index (χ0n) is 14.6. The molecule has 4 heteroatoms. The first-order valence-electron chi connectivity index (χ1n) is 8.37. The number of esters is 1. The minimum atomic E-state index is -0.412. The van der Waals surface area contributed by atoms with E-state index in [1.165, 1.54) is 0 Å². The monoisotopic (exact) mass is 410 g/mol. The molecule has 3 nitrogen and oxygen atoms in total. The van der Waals surface area contributed by atoms with Gasteiger partial charge in [0, 0.05) is 5.56 Å². The smallest absolute Gasteiger partial charge is 0.343 e. The van der Waals surface area contributed by atoms with Crippen LogP contribution >= 0.6 is 15.9 Å². The number of hydrogen-bond acceptors (Lipinski definition) is 3. The van der Waals surface area contributed by atoms with Crippen LogP contribution in [0.3, 0.4) is 0 Å². The number of halogens is 1. The van der Waals surface area contributed by atoms with E-state index in [0.29, 0.717) is 17.1 Å². The van der Waals surface area contributed by atoms with Gasteiger partial charge in [0.15, 0.2) is 0 Å². The minimum Gasteiger partial charge on any atom is -0.490 e. The first-order chi connectivity index (χ1) is 12.5. The maximum atomic E-state index is 12.6. The van der Waals surface area contributed by atoms with Crippen LogP contribution in [0.5, 0.6) is 11.5 Å². The average Bonchev–Trinajstić information content (AvgIpc) is 2.64. The number of carbonyl (C=O) groups is 1. The van der Waals surface area contributed by atoms with Crippen molar-refractivity contribution in [1.82, 2.24) is 0 Å². The molecule has 132 valence electrons. The Kier molecular flexibility index (Phi) is 5.74. The number of rotatable bonds is 5. The summed E-state index contributed by atoms with van der Waals surface area (Å²) in [7, 11) is 0. The van der Waals surface area contributed by atoms with E-state index in [9.17, 15) is 4.79 Å². The normalized spacial score (nSPS) is 10.6. The van der Waals surface area contributed by atoms with Crippen molar-refractivity contribution in [3.8, 4) is 22.6 Å². The number of benzene rings is 3. The second kappa shape index (κ2) is 8.19. The SMILES string of the molecule is CC(C)Oc1ccc(C(=O)Oc2ccccc2-c2ccccc2)cc1Br. The van der Waals surface area contributed by atoms with Crippen molar-refractivity contribution in [2.24, 2.45) is 0 Å². The van der Waals surface area contributed by atoms with E-state index in [0.717, 1.165) is 15.6 Å². The van der Waals surface area contributed by atoms with Gasteiger partial charge in [0.25, 0.3) is 0 Å². The Labute approximate surface area is 161 Å². The second-order valence-electron chi connectivity index (χ2n) is 6.06. The highest BCUT2D eigenvalue weighted by Gasteiger charge is 2.14. The Balaban J connectivity index is 1.84. The van der Waals surface area contributed by atoms with E-state index in [1.807, 2.05) is 62.4 Å². The predicted octanol–water partition coefficient (Wildman–Crippen LogP) is 6.12. The molecular formula is C22H19BrO3. The van der Waals surface area contributed by atoms with Gasteiger partial charge in [-0.3, -0.25) is 0 Å². The lowest BCUT2D eigenvalue weighted by Crippen LogP contribution is -2.10. The zero-order valence-corrected chi connectivity index (χ0v) is 16.2. The van der Waals surface area contributed by atoms with Gasteiger partial charge >= 0.3 is 5.97 Å². The van der Waals surface area contributed by atoms with Gasteiger partial charge in [-0.2, -0.15) is 0 Å². The summed E-state index contributed by atoms with van der Waals surface area (Å²) in [5.41, 5.74) is 2.33. The number of hydrogen-bond donors (Lipinski definition) is 0. The van der Waals surface area contributed by atoms with E-state index in [2.05, 4.69) is 15.9 Å². The lowest BCUT2D eigenvalue weighted by Gasteiger charge is -2.13. The fraction of sp³-hybridized carbons (Fsp3) is 0.136. The van der Waals surface area contributed by atoms with E-state index in [4.69, 9.17) is 9.47 Å². The molecule has 0 aliphatic rings. The van der Waals surface area contributed by atoms with Crippen LogP contribution in [0.4, 0.5) is 0 Å². The van der Waals surface area contributed by atoms with Crippen LogP contribution in [0.15, 0.2) is 77.3 Å². The molecule has 3 rings (SSSR count). The largest absolute Gasteiger partial charge is 0.490 e. The molecule has 3 aromatic carbocycles. The van der Waals surface area contributed by atoms with Crippen molar-refractivity contribution in [3.63, 3.8) is 0 Å². The molecule has 0 N–H and O–H groups in total. The molecule has 0 spiro atoms. The molecule has 0 atom stereocenters. The van der Waals surface area contributed by atoms with Gasteiger partial charge in [-0.15, -0.1) is 0 Å². The fourth-order valence-electron chi connectivity index (χ4n) is 2.55. The highest BCUT2D eigenvalue weighted by atomic mass is 79.9. The Bertz CT molecular complexity index is 904. The topological polar surface area (TPSA) is 35.5 Å². The Hall–Kier alpha value is -2.59. The lowest BCUT2D eigenvalue weighted by molar-refractivity contribution is 0.0735. The second-order valence-corrected chi connectivity index (χ2v) is 6.92. The molecule has 0 heterocycles. The van der Waals surface area contributed by atoms with Gasteiger partial charge in [-0.05, 0) is 59.6 Å². The summed E-state index contributed by atoms with van der Waals surface area (Å²) in [6.07, 6.45) is 0.0573. The summed E-state index contributed by atoms with van der Waals surface area (Å²) in [5, 5.41) is 0. The zero-order chi connectivity index (χ0) is 18.5. The van der Waals surface area contributed by atoms with Crippen molar-refractivity contribution in [2.45, 2.75) is 20.0 Å². The van der Waals surface area contributed by atoms with Crippen molar-refractivity contribution in [1.29, 1.82) is 0 Å². The molecule has 0 fully saturated rings. The molecule has 0 saturated heterocycles. The van der Waals surface area contributed by atoms with Crippen LogP contribution < -0.4 is 9.47 Å². The van der Waals surface area contributed by atoms with Gasteiger partial charge in [0.05, 0.1) is 16.1 Å². The number of carbonyl (C=O) groups excluding carboxylic acids is 1. The summed E-state index contributed by atoms with van der Waals surface area (Å²) < 4.78 is 12.1. The Morgan fingerprint density at radius 3 is 2.27 bits per heavy atom.